The van der Waals surface area contributed by atoms with E-state index in [0.717, 1.165) is 6.42 Å². The van der Waals surface area contributed by atoms with Crippen LogP contribution in [0.4, 0.5) is 0 Å². The van der Waals surface area contributed by atoms with Crippen molar-refractivity contribution in [1.29, 1.82) is 0 Å². The molecule has 50 valence electrons. The first-order chi connectivity index (χ1) is 4.43. The average Bonchev–Trinajstić information content (AvgIpc) is 2.34. The zero-order chi connectivity index (χ0) is 6.53. The summed E-state index contributed by atoms with van der Waals surface area (Å²) in [6.07, 6.45) is 9.28. The predicted octanol–water partition coefficient (Wildman–Crippen LogP) is -4.95. The minimum atomic E-state index is 0. The Balaban J connectivity index is 0.000000810. The van der Waals surface area contributed by atoms with Crippen LogP contribution in [0.1, 0.15) is 13.3 Å². The first-order valence-corrected chi connectivity index (χ1v) is 5.55. The third-order valence-corrected chi connectivity index (χ3v) is 2.82. The summed E-state index contributed by atoms with van der Waals surface area (Å²) in [4.78, 5) is 0. The van der Waals surface area contributed by atoms with Crippen LogP contribution in [-0.4, -0.2) is 4.43 Å². The molecule has 1 heterocycles. The van der Waals surface area contributed by atoms with E-state index < -0.39 is 0 Å². The van der Waals surface area contributed by atoms with Gasteiger partial charge in [0, 0.05) is 0 Å². The van der Waals surface area contributed by atoms with Gasteiger partial charge in [0.25, 0.3) is 0 Å². The van der Waals surface area contributed by atoms with E-state index in [-0.39, 0.29) is 90.4 Å². The summed E-state index contributed by atoms with van der Waals surface area (Å²) in [7, 11) is 0. The smallest absolute Gasteiger partial charge is 0.382 e. The van der Waals surface area contributed by atoms with Crippen molar-refractivity contribution in [3.8, 4) is 0 Å². The van der Waals surface area contributed by atoms with Gasteiger partial charge in [0.05, 0.1) is 0 Å². The van der Waals surface area contributed by atoms with E-state index in [1.807, 2.05) is 6.08 Å². The summed E-state index contributed by atoms with van der Waals surface area (Å²) in [6.45, 7) is 2.09. The van der Waals surface area contributed by atoms with Gasteiger partial charge in [-0.15, -0.1) is 6.42 Å². The summed E-state index contributed by atoms with van der Waals surface area (Å²) in [5.41, 5.74) is 1.30. The zero-order valence-corrected chi connectivity index (χ0v) is 14.8. The monoisotopic (exact) mass is 367 g/mol. The summed E-state index contributed by atoms with van der Waals surface area (Å²) in [6, 6.07) is 0. The van der Waals surface area contributed by atoms with Crippen LogP contribution in [0.25, 0.3) is 0 Å². The van der Waals surface area contributed by atoms with Gasteiger partial charge in [0.1, 0.15) is 4.43 Å². The number of alkyl halides is 1. The number of halogens is 1. The van der Waals surface area contributed by atoms with Crippen molar-refractivity contribution in [3.63, 3.8) is 0 Å². The summed E-state index contributed by atoms with van der Waals surface area (Å²) in [5.74, 6) is 0. The van der Waals surface area contributed by atoms with E-state index in [4.69, 9.17) is 0 Å². The molecule has 0 aromatic rings. The molecule has 0 bridgehead atoms. The number of nitrogens with one attached hydrogen (secondary N) is 1. The maximum atomic E-state index is 3.14. The van der Waals surface area contributed by atoms with Crippen molar-refractivity contribution < 1.29 is 90.4 Å². The number of allylic oxidation sites excluding steroid dienone is 3. The number of hydrogen-bond acceptors (Lipinski definition) is 1. The fourth-order valence-corrected chi connectivity index (χ4v) is 2.08. The van der Waals surface area contributed by atoms with Crippen molar-refractivity contribution in [1.82, 2.24) is 3.53 Å². The van der Waals surface area contributed by atoms with Gasteiger partial charge in [0.15, 0.2) is 0 Å². The molecule has 10 heavy (non-hydrogen) atoms. The Morgan fingerprint density at radius 1 is 1.90 bits per heavy atom. The van der Waals surface area contributed by atoms with E-state index in [2.05, 4.69) is 22.7 Å². The Labute approximate surface area is 132 Å². The Morgan fingerprint density at radius 2 is 2.70 bits per heavy atom. The maximum Gasteiger partial charge on any atom is 1.00 e. The maximum absolute atomic E-state index is 3.14. The van der Waals surface area contributed by atoms with Gasteiger partial charge in [-0.05, 0) is 0 Å². The molecule has 0 aromatic carbocycles. The van der Waals surface area contributed by atoms with Crippen LogP contribution in [0, 0.1) is 12.3 Å². The molecule has 0 aromatic heterocycles. The Morgan fingerprint density at radius 3 is 3.20 bits per heavy atom. The molecule has 3 heteroatoms. The molecule has 0 atom stereocenters. The molecule has 0 saturated heterocycles. The minimum absolute atomic E-state index is 0. The third-order valence-electron chi connectivity index (χ3n) is 0.966. The van der Waals surface area contributed by atoms with Gasteiger partial charge >= 0.3 is 90.4 Å². The van der Waals surface area contributed by atoms with Gasteiger partial charge in [-0.2, -0.15) is 0 Å². The summed E-state index contributed by atoms with van der Waals surface area (Å²) < 4.78 is 4.35. The van der Waals surface area contributed by atoms with Crippen molar-refractivity contribution in [2.75, 3.05) is 4.43 Å². The molecule has 0 fully saturated rings. The Kier molecular flexibility index (Phi) is 9.28. The Hall–Kier alpha value is 2.06. The first kappa shape index (κ1) is 12.1. The van der Waals surface area contributed by atoms with E-state index in [1.54, 1.807) is 0 Å². The van der Waals surface area contributed by atoms with Crippen molar-refractivity contribution in [2.45, 2.75) is 13.3 Å². The van der Waals surface area contributed by atoms with Gasteiger partial charge in [-0.25, -0.2) is 6.20 Å². The largest absolute Gasteiger partial charge is 1.00 e. The molecular formula is C7H9CsIN. The van der Waals surface area contributed by atoms with E-state index in [1.165, 1.54) is 10.0 Å². The minimum Gasteiger partial charge on any atom is -0.382 e. The SMILES string of the molecule is CC[C-]=CC1=[C-]N[I+]C1.[Cs+]. The molecule has 1 N–H and O–H groups in total. The fourth-order valence-electron chi connectivity index (χ4n) is 0.533. The molecule has 0 saturated carbocycles. The average molecular weight is 367 g/mol. The number of hydrogen-bond donors (Lipinski definition) is 1. The second-order valence-electron chi connectivity index (χ2n) is 1.71. The first-order valence-electron chi connectivity index (χ1n) is 2.95. The van der Waals surface area contributed by atoms with Gasteiger partial charge < -0.3 is 17.7 Å². The van der Waals surface area contributed by atoms with Crippen molar-refractivity contribution in [3.05, 3.63) is 23.9 Å². The van der Waals surface area contributed by atoms with Crippen LogP contribution in [0.2, 0.25) is 0 Å². The standard InChI is InChI=1S/C7H9IN.Cs/c1-2-3-4-7-5-8-9-6-7;/h4,9H,2,5H2,1H3;/q-1;+1. The molecule has 0 aliphatic carbocycles. The van der Waals surface area contributed by atoms with Gasteiger partial charge in [-0.1, -0.05) is 6.92 Å². The normalized spacial score (nSPS) is 16.3. The summed E-state index contributed by atoms with van der Waals surface area (Å²) in [5, 5.41) is 0. The third kappa shape index (κ3) is 4.84. The molecule has 1 aliphatic heterocycles. The van der Waals surface area contributed by atoms with Gasteiger partial charge in [-0.3, -0.25) is 3.53 Å². The van der Waals surface area contributed by atoms with Crippen LogP contribution in [0.15, 0.2) is 11.6 Å². The topological polar surface area (TPSA) is 12.0 Å². The van der Waals surface area contributed by atoms with E-state index in [9.17, 15) is 0 Å². The van der Waals surface area contributed by atoms with Crippen LogP contribution in [0.3, 0.4) is 0 Å². The summed E-state index contributed by atoms with van der Waals surface area (Å²) >= 11 is 0.215. The molecule has 0 amide bonds. The van der Waals surface area contributed by atoms with E-state index >= 15 is 0 Å². The molecule has 0 unspecified atom stereocenters. The second-order valence-corrected chi connectivity index (χ2v) is 3.78. The second kappa shape index (κ2) is 7.70. The van der Waals surface area contributed by atoms with Crippen LogP contribution >= 0.6 is 0 Å². The molecule has 1 nitrogen and oxygen atoms in total. The predicted molar refractivity (Wildman–Crippen MR) is 32.9 cm³/mol. The van der Waals surface area contributed by atoms with Crippen LogP contribution < -0.4 is 93.9 Å². The van der Waals surface area contributed by atoms with Crippen LogP contribution in [-0.2, 0) is 0 Å². The quantitative estimate of drug-likeness (QED) is 0.223. The Bertz CT molecular complexity index is 143. The van der Waals surface area contributed by atoms with Crippen molar-refractivity contribution >= 4 is 0 Å². The molecule has 0 spiro atoms. The molecule has 1 rings (SSSR count). The van der Waals surface area contributed by atoms with Crippen molar-refractivity contribution in [2.24, 2.45) is 0 Å². The van der Waals surface area contributed by atoms with E-state index in [0.29, 0.717) is 0 Å². The van der Waals surface area contributed by atoms with Gasteiger partial charge in [0.2, 0.25) is 0 Å². The number of rotatable bonds is 2. The molecule has 1 aliphatic rings. The molecule has 0 radical (unpaired) electrons. The fraction of sp³-hybridized carbons (Fsp3) is 0.429. The van der Waals surface area contributed by atoms with Crippen LogP contribution in [0.5, 0.6) is 0 Å². The zero-order valence-electron chi connectivity index (χ0n) is 6.37. The molecular weight excluding hydrogens is 358 g/mol.